The fourth-order valence-corrected chi connectivity index (χ4v) is 3.30. The molecule has 1 aromatic carbocycles. The summed E-state index contributed by atoms with van der Waals surface area (Å²) < 4.78 is 0. The summed E-state index contributed by atoms with van der Waals surface area (Å²) in [5.41, 5.74) is 7.05. The maximum absolute atomic E-state index is 11.9. The molecule has 0 heterocycles. The van der Waals surface area contributed by atoms with Crippen LogP contribution in [0, 0.1) is 0 Å². The van der Waals surface area contributed by atoms with Crippen LogP contribution in [-0.2, 0) is 10.5 Å². The first-order valence-corrected chi connectivity index (χ1v) is 8.54. The van der Waals surface area contributed by atoms with Gasteiger partial charge in [-0.15, -0.1) is 24.2 Å². The van der Waals surface area contributed by atoms with E-state index < -0.39 is 0 Å². The van der Waals surface area contributed by atoms with Crippen molar-refractivity contribution < 1.29 is 4.79 Å². The number of halogens is 2. The molecule has 1 amide bonds. The van der Waals surface area contributed by atoms with Gasteiger partial charge in [-0.25, -0.2) is 0 Å². The number of thioether (sulfide) groups is 1. The van der Waals surface area contributed by atoms with Gasteiger partial charge in [0.25, 0.3) is 0 Å². The van der Waals surface area contributed by atoms with Gasteiger partial charge in [0.05, 0.1) is 5.75 Å². The molecule has 1 aliphatic rings. The molecule has 0 unspecified atom stereocenters. The van der Waals surface area contributed by atoms with Crippen LogP contribution in [0.1, 0.15) is 31.2 Å². The predicted molar refractivity (Wildman–Crippen MR) is 93.2 cm³/mol. The molecule has 0 atom stereocenters. The molecular formula is C15H22Cl2N2OS. The number of carbonyl (C=O) groups is 1. The van der Waals surface area contributed by atoms with Gasteiger partial charge in [-0.1, -0.05) is 23.7 Å². The second kappa shape index (κ2) is 9.57. The molecule has 0 radical (unpaired) electrons. The Labute approximate surface area is 141 Å². The SMILES string of the molecule is Cl.NC1CCC(NC(=O)CSCc2ccc(Cl)cc2)CC1. The van der Waals surface area contributed by atoms with E-state index in [-0.39, 0.29) is 18.3 Å². The van der Waals surface area contributed by atoms with Crippen molar-refractivity contribution in [2.75, 3.05) is 5.75 Å². The molecule has 1 aliphatic carbocycles. The summed E-state index contributed by atoms with van der Waals surface area (Å²) in [6.45, 7) is 0. The quantitative estimate of drug-likeness (QED) is 0.857. The van der Waals surface area contributed by atoms with E-state index in [1.54, 1.807) is 11.8 Å². The van der Waals surface area contributed by atoms with E-state index in [1.807, 2.05) is 24.3 Å². The van der Waals surface area contributed by atoms with Crippen molar-refractivity contribution in [1.82, 2.24) is 5.32 Å². The molecule has 21 heavy (non-hydrogen) atoms. The monoisotopic (exact) mass is 348 g/mol. The normalized spacial score (nSPS) is 21.4. The lowest BCUT2D eigenvalue weighted by Crippen LogP contribution is -2.41. The molecule has 0 spiro atoms. The fourth-order valence-electron chi connectivity index (χ4n) is 2.38. The fraction of sp³-hybridized carbons (Fsp3) is 0.533. The van der Waals surface area contributed by atoms with Crippen molar-refractivity contribution in [3.8, 4) is 0 Å². The molecule has 0 bridgehead atoms. The zero-order valence-electron chi connectivity index (χ0n) is 11.9. The van der Waals surface area contributed by atoms with Gasteiger partial charge in [-0.3, -0.25) is 4.79 Å². The number of benzene rings is 1. The number of hydrogen-bond acceptors (Lipinski definition) is 3. The smallest absolute Gasteiger partial charge is 0.230 e. The Hall–Kier alpha value is -0.420. The van der Waals surface area contributed by atoms with Crippen molar-refractivity contribution in [3.63, 3.8) is 0 Å². The number of rotatable bonds is 5. The van der Waals surface area contributed by atoms with Gasteiger partial charge in [0.15, 0.2) is 0 Å². The minimum absolute atomic E-state index is 0. The van der Waals surface area contributed by atoms with Crippen LogP contribution in [0.5, 0.6) is 0 Å². The van der Waals surface area contributed by atoms with Gasteiger partial charge >= 0.3 is 0 Å². The molecule has 118 valence electrons. The first kappa shape index (κ1) is 18.6. The molecule has 1 aromatic rings. The summed E-state index contributed by atoms with van der Waals surface area (Å²) in [7, 11) is 0. The topological polar surface area (TPSA) is 55.1 Å². The van der Waals surface area contributed by atoms with E-state index in [2.05, 4.69) is 5.32 Å². The molecule has 3 nitrogen and oxygen atoms in total. The third kappa shape index (κ3) is 6.92. The van der Waals surface area contributed by atoms with Crippen molar-refractivity contribution in [1.29, 1.82) is 0 Å². The van der Waals surface area contributed by atoms with Crippen LogP contribution in [0.4, 0.5) is 0 Å². The van der Waals surface area contributed by atoms with E-state index in [4.69, 9.17) is 17.3 Å². The van der Waals surface area contributed by atoms with Gasteiger partial charge in [-0.2, -0.15) is 0 Å². The lowest BCUT2D eigenvalue weighted by molar-refractivity contribution is -0.119. The summed E-state index contributed by atoms with van der Waals surface area (Å²) >= 11 is 7.46. The molecule has 0 aliphatic heterocycles. The molecule has 0 saturated heterocycles. The van der Waals surface area contributed by atoms with E-state index in [9.17, 15) is 4.79 Å². The number of nitrogens with two attached hydrogens (primary N) is 1. The molecular weight excluding hydrogens is 327 g/mol. The number of amides is 1. The Bertz CT molecular complexity index is 434. The molecule has 6 heteroatoms. The van der Waals surface area contributed by atoms with Crippen LogP contribution in [0.25, 0.3) is 0 Å². The second-order valence-corrected chi connectivity index (χ2v) is 6.72. The third-order valence-corrected chi connectivity index (χ3v) is 4.81. The molecule has 1 fully saturated rings. The Kier molecular flexibility index (Phi) is 8.49. The van der Waals surface area contributed by atoms with Gasteiger partial charge in [0, 0.05) is 22.9 Å². The maximum Gasteiger partial charge on any atom is 0.230 e. The van der Waals surface area contributed by atoms with Gasteiger partial charge in [0.2, 0.25) is 5.91 Å². The highest BCUT2D eigenvalue weighted by atomic mass is 35.5. The van der Waals surface area contributed by atoms with Crippen LogP contribution in [0.2, 0.25) is 5.02 Å². The minimum atomic E-state index is 0. The van der Waals surface area contributed by atoms with Crippen LogP contribution < -0.4 is 11.1 Å². The molecule has 1 saturated carbocycles. The standard InChI is InChI=1S/C15H21ClN2OS.ClH/c16-12-3-1-11(2-4-12)9-20-10-15(19)18-14-7-5-13(17)6-8-14;/h1-4,13-14H,5-10,17H2,(H,18,19);1H. The number of carbonyl (C=O) groups excluding carboxylic acids is 1. The van der Waals surface area contributed by atoms with E-state index in [0.29, 0.717) is 17.8 Å². The van der Waals surface area contributed by atoms with E-state index in [1.165, 1.54) is 5.56 Å². The third-order valence-electron chi connectivity index (χ3n) is 3.55. The predicted octanol–water partition coefficient (Wildman–Crippen LogP) is 3.38. The lowest BCUT2D eigenvalue weighted by atomic mass is 9.92. The zero-order chi connectivity index (χ0) is 14.4. The highest BCUT2D eigenvalue weighted by Gasteiger charge is 2.19. The zero-order valence-corrected chi connectivity index (χ0v) is 14.3. The summed E-state index contributed by atoms with van der Waals surface area (Å²) in [5, 5.41) is 3.84. The van der Waals surface area contributed by atoms with E-state index in [0.717, 1.165) is 36.5 Å². The van der Waals surface area contributed by atoms with Gasteiger partial charge in [-0.05, 0) is 43.4 Å². The highest BCUT2D eigenvalue weighted by Crippen LogP contribution is 2.18. The van der Waals surface area contributed by atoms with Crippen molar-refractivity contribution in [3.05, 3.63) is 34.9 Å². The second-order valence-electron chi connectivity index (χ2n) is 5.30. The van der Waals surface area contributed by atoms with Crippen LogP contribution in [0.3, 0.4) is 0 Å². The maximum atomic E-state index is 11.9. The van der Waals surface area contributed by atoms with Crippen LogP contribution >= 0.6 is 35.8 Å². The highest BCUT2D eigenvalue weighted by molar-refractivity contribution is 7.99. The summed E-state index contributed by atoms with van der Waals surface area (Å²) in [5.74, 6) is 1.47. The Morgan fingerprint density at radius 2 is 1.86 bits per heavy atom. The number of hydrogen-bond donors (Lipinski definition) is 2. The Morgan fingerprint density at radius 1 is 1.24 bits per heavy atom. The minimum Gasteiger partial charge on any atom is -0.353 e. The van der Waals surface area contributed by atoms with Crippen molar-refractivity contribution in [2.24, 2.45) is 5.73 Å². The average molecular weight is 349 g/mol. The molecule has 2 rings (SSSR count). The van der Waals surface area contributed by atoms with Crippen molar-refractivity contribution >= 4 is 41.7 Å². The molecule has 3 N–H and O–H groups in total. The summed E-state index contributed by atoms with van der Waals surface area (Å²) in [6, 6.07) is 8.39. The Balaban J connectivity index is 0.00000220. The van der Waals surface area contributed by atoms with Crippen LogP contribution in [0.15, 0.2) is 24.3 Å². The molecule has 0 aromatic heterocycles. The lowest BCUT2D eigenvalue weighted by Gasteiger charge is -2.26. The van der Waals surface area contributed by atoms with Crippen molar-refractivity contribution in [2.45, 2.75) is 43.5 Å². The summed E-state index contributed by atoms with van der Waals surface area (Å²) in [6.07, 6.45) is 4.05. The first-order chi connectivity index (χ1) is 9.63. The Morgan fingerprint density at radius 3 is 2.48 bits per heavy atom. The summed E-state index contributed by atoms with van der Waals surface area (Å²) in [4.78, 5) is 11.9. The average Bonchev–Trinajstić information content (AvgIpc) is 2.44. The van der Waals surface area contributed by atoms with Gasteiger partial charge in [0.1, 0.15) is 0 Å². The van der Waals surface area contributed by atoms with E-state index >= 15 is 0 Å². The van der Waals surface area contributed by atoms with Gasteiger partial charge < -0.3 is 11.1 Å². The number of nitrogens with one attached hydrogen (secondary N) is 1. The largest absolute Gasteiger partial charge is 0.353 e. The van der Waals surface area contributed by atoms with Crippen LogP contribution in [-0.4, -0.2) is 23.7 Å². The first-order valence-electron chi connectivity index (χ1n) is 7.00.